The fraction of sp³-hybridized carbons (Fsp3) is 0.267. The van der Waals surface area contributed by atoms with E-state index in [2.05, 4.69) is 20.0 Å². The number of aromatic nitrogens is 2. The van der Waals surface area contributed by atoms with Gasteiger partial charge in [0.25, 0.3) is 5.91 Å². The van der Waals surface area contributed by atoms with Gasteiger partial charge >= 0.3 is 6.18 Å². The molecule has 6 nitrogen and oxygen atoms in total. The van der Waals surface area contributed by atoms with Crippen molar-refractivity contribution < 1.29 is 22.7 Å². The molecule has 1 amide bonds. The van der Waals surface area contributed by atoms with Gasteiger partial charge in [0.15, 0.2) is 6.61 Å². The van der Waals surface area contributed by atoms with Crippen LogP contribution in [0.15, 0.2) is 36.7 Å². The van der Waals surface area contributed by atoms with Gasteiger partial charge in [-0.25, -0.2) is 9.97 Å². The van der Waals surface area contributed by atoms with Gasteiger partial charge in [-0.2, -0.15) is 13.2 Å². The first-order valence-electron chi connectivity index (χ1n) is 6.85. The smallest absolute Gasteiger partial charge is 0.422 e. The molecule has 0 aliphatic rings. The molecule has 24 heavy (non-hydrogen) atoms. The lowest BCUT2D eigenvalue weighted by Gasteiger charge is -2.12. The predicted octanol–water partition coefficient (Wildman–Crippen LogP) is 2.74. The first-order valence-corrected chi connectivity index (χ1v) is 6.85. The summed E-state index contributed by atoms with van der Waals surface area (Å²) in [7, 11) is 3.68. The first kappa shape index (κ1) is 17.5. The molecular weight excluding hydrogens is 325 g/mol. The summed E-state index contributed by atoms with van der Waals surface area (Å²) >= 11 is 0. The lowest BCUT2D eigenvalue weighted by Crippen LogP contribution is -2.19. The molecule has 0 radical (unpaired) electrons. The van der Waals surface area contributed by atoms with Crippen LogP contribution in [0.25, 0.3) is 0 Å². The maximum absolute atomic E-state index is 12.1. The summed E-state index contributed by atoms with van der Waals surface area (Å²) in [5.41, 5.74) is 0.675. The van der Waals surface area contributed by atoms with E-state index in [1.54, 1.807) is 12.1 Å². The molecule has 0 fully saturated rings. The fourth-order valence-corrected chi connectivity index (χ4v) is 1.68. The maximum atomic E-state index is 12.1. The van der Waals surface area contributed by atoms with Crippen LogP contribution in [0.4, 0.5) is 24.7 Å². The van der Waals surface area contributed by atoms with Crippen LogP contribution in [0, 0.1) is 0 Å². The fourth-order valence-electron chi connectivity index (χ4n) is 1.68. The molecular formula is C15H15F3N4O2. The topological polar surface area (TPSA) is 67.4 Å². The van der Waals surface area contributed by atoms with Crippen molar-refractivity contribution in [3.63, 3.8) is 0 Å². The summed E-state index contributed by atoms with van der Waals surface area (Å²) < 4.78 is 40.6. The van der Waals surface area contributed by atoms with Crippen LogP contribution in [0.5, 0.6) is 5.88 Å². The average Bonchev–Trinajstić information content (AvgIpc) is 2.53. The van der Waals surface area contributed by atoms with Crippen LogP contribution >= 0.6 is 0 Å². The number of hydrogen-bond donors (Lipinski definition) is 1. The number of nitrogens with zero attached hydrogens (tertiary/aromatic N) is 3. The highest BCUT2D eigenvalue weighted by Gasteiger charge is 2.28. The number of rotatable bonds is 5. The normalized spacial score (nSPS) is 11.0. The Balaban J connectivity index is 1.97. The van der Waals surface area contributed by atoms with Gasteiger partial charge in [-0.3, -0.25) is 4.79 Å². The number of carbonyl (C=O) groups is 1. The molecule has 0 saturated heterocycles. The highest BCUT2D eigenvalue weighted by atomic mass is 19.4. The largest absolute Gasteiger partial charge is 0.468 e. The lowest BCUT2D eigenvalue weighted by molar-refractivity contribution is -0.154. The standard InChI is InChI=1S/C15H15F3N4O2/c1-22(2)12-5-4-11(8-19-12)21-14(23)10-3-6-13(20-7-10)24-9-15(16,17)18/h3-8H,9H2,1-2H3,(H,21,23). The van der Waals surface area contributed by atoms with Gasteiger partial charge in [-0.15, -0.1) is 0 Å². The molecule has 2 aromatic heterocycles. The number of pyridine rings is 2. The van der Waals surface area contributed by atoms with Crippen molar-refractivity contribution in [3.05, 3.63) is 42.2 Å². The summed E-state index contributed by atoms with van der Waals surface area (Å²) in [4.78, 5) is 21.7. The third-order valence-corrected chi connectivity index (χ3v) is 2.85. The van der Waals surface area contributed by atoms with E-state index in [4.69, 9.17) is 0 Å². The van der Waals surface area contributed by atoms with Gasteiger partial charge in [0.05, 0.1) is 17.4 Å². The van der Waals surface area contributed by atoms with Crippen LogP contribution in [0.1, 0.15) is 10.4 Å². The molecule has 0 aromatic carbocycles. The average molecular weight is 340 g/mol. The molecule has 0 aliphatic heterocycles. The second-order valence-electron chi connectivity index (χ2n) is 5.04. The van der Waals surface area contributed by atoms with Crippen LogP contribution in [-0.4, -0.2) is 42.8 Å². The Morgan fingerprint density at radius 3 is 2.42 bits per heavy atom. The van der Waals surface area contributed by atoms with Gasteiger partial charge in [-0.1, -0.05) is 0 Å². The van der Waals surface area contributed by atoms with Crippen molar-refractivity contribution in [2.24, 2.45) is 0 Å². The van der Waals surface area contributed by atoms with Gasteiger partial charge < -0.3 is 15.0 Å². The molecule has 0 atom stereocenters. The number of hydrogen-bond acceptors (Lipinski definition) is 5. The summed E-state index contributed by atoms with van der Waals surface area (Å²) in [6, 6.07) is 5.96. The van der Waals surface area contributed by atoms with Crippen molar-refractivity contribution in [1.82, 2.24) is 9.97 Å². The van der Waals surface area contributed by atoms with Crippen molar-refractivity contribution in [1.29, 1.82) is 0 Å². The van der Waals surface area contributed by atoms with E-state index in [0.29, 0.717) is 5.69 Å². The lowest BCUT2D eigenvalue weighted by atomic mass is 10.2. The molecule has 2 heterocycles. The zero-order valence-corrected chi connectivity index (χ0v) is 13.0. The molecule has 2 rings (SSSR count). The summed E-state index contributed by atoms with van der Waals surface area (Å²) in [6.07, 6.45) is -1.80. The molecule has 0 bridgehead atoms. The zero-order chi connectivity index (χ0) is 17.7. The Kier molecular flexibility index (Phi) is 5.22. The highest BCUT2D eigenvalue weighted by molar-refractivity contribution is 6.04. The molecule has 0 aliphatic carbocycles. The summed E-state index contributed by atoms with van der Waals surface area (Å²) in [5.74, 6) is 0.0750. The quantitative estimate of drug-likeness (QED) is 0.906. The van der Waals surface area contributed by atoms with E-state index in [1.165, 1.54) is 18.3 Å². The molecule has 0 spiro atoms. The van der Waals surface area contributed by atoms with Crippen LogP contribution < -0.4 is 15.0 Å². The number of halogens is 3. The zero-order valence-electron chi connectivity index (χ0n) is 13.0. The Hall–Kier alpha value is -2.84. The van der Waals surface area contributed by atoms with E-state index in [0.717, 1.165) is 12.0 Å². The second-order valence-corrected chi connectivity index (χ2v) is 5.04. The minimum atomic E-state index is -4.44. The Labute approximate surface area is 136 Å². The minimum Gasteiger partial charge on any atom is -0.468 e. The monoisotopic (exact) mass is 340 g/mol. The van der Waals surface area contributed by atoms with Gasteiger partial charge in [0.1, 0.15) is 5.82 Å². The molecule has 9 heteroatoms. The van der Waals surface area contributed by atoms with E-state index >= 15 is 0 Å². The van der Waals surface area contributed by atoms with Gasteiger partial charge in [0, 0.05) is 26.4 Å². The minimum absolute atomic E-state index is 0.186. The highest BCUT2D eigenvalue weighted by Crippen LogP contribution is 2.17. The first-order chi connectivity index (χ1) is 11.2. The summed E-state index contributed by atoms with van der Waals surface area (Å²) in [5, 5.41) is 2.62. The number of amides is 1. The van der Waals surface area contributed by atoms with Gasteiger partial charge in [-0.05, 0) is 18.2 Å². The van der Waals surface area contributed by atoms with Crippen molar-refractivity contribution in [3.8, 4) is 5.88 Å². The molecule has 0 saturated carbocycles. The van der Waals surface area contributed by atoms with Crippen molar-refractivity contribution in [2.45, 2.75) is 6.18 Å². The Morgan fingerprint density at radius 1 is 1.17 bits per heavy atom. The number of carbonyl (C=O) groups excluding carboxylic acids is 1. The second kappa shape index (κ2) is 7.16. The Morgan fingerprint density at radius 2 is 1.92 bits per heavy atom. The van der Waals surface area contributed by atoms with E-state index in [1.807, 2.05) is 19.0 Å². The third kappa shape index (κ3) is 5.11. The predicted molar refractivity (Wildman–Crippen MR) is 82.3 cm³/mol. The van der Waals surface area contributed by atoms with E-state index < -0.39 is 18.7 Å². The molecule has 2 aromatic rings. The molecule has 1 N–H and O–H groups in total. The third-order valence-electron chi connectivity index (χ3n) is 2.85. The SMILES string of the molecule is CN(C)c1ccc(NC(=O)c2ccc(OCC(F)(F)F)nc2)cn1. The molecule has 0 unspecified atom stereocenters. The van der Waals surface area contributed by atoms with Gasteiger partial charge in [0.2, 0.25) is 5.88 Å². The van der Waals surface area contributed by atoms with Crippen LogP contribution in [0.3, 0.4) is 0 Å². The number of nitrogens with one attached hydrogen (secondary N) is 1. The van der Waals surface area contributed by atoms with Crippen molar-refractivity contribution >= 4 is 17.4 Å². The van der Waals surface area contributed by atoms with E-state index in [-0.39, 0.29) is 11.4 Å². The maximum Gasteiger partial charge on any atom is 0.422 e. The Bertz CT molecular complexity index is 685. The van der Waals surface area contributed by atoms with E-state index in [9.17, 15) is 18.0 Å². The van der Waals surface area contributed by atoms with Crippen LogP contribution in [0.2, 0.25) is 0 Å². The number of alkyl halides is 3. The number of ether oxygens (including phenoxy) is 1. The van der Waals surface area contributed by atoms with Crippen LogP contribution in [-0.2, 0) is 0 Å². The number of anilines is 2. The molecule has 128 valence electrons. The summed E-state index contributed by atoms with van der Waals surface area (Å²) in [6.45, 7) is -1.44. The van der Waals surface area contributed by atoms with Crippen molar-refractivity contribution in [2.75, 3.05) is 30.9 Å².